The molecule has 13 N–H and O–H groups in total. The number of carbonyl (C=O) groups is 7. The molecule has 0 spiro atoms. The van der Waals surface area contributed by atoms with Crippen LogP contribution < -0.4 is 43.8 Å². The number of carboxylic acid groups (broad SMARTS) is 1. The van der Waals surface area contributed by atoms with Crippen LogP contribution in [0.5, 0.6) is 5.75 Å². The van der Waals surface area contributed by atoms with Gasteiger partial charge in [-0.3, -0.25) is 38.6 Å². The zero-order valence-corrected chi connectivity index (χ0v) is 30.6. The van der Waals surface area contributed by atoms with E-state index in [2.05, 4.69) is 31.6 Å². The molecule has 1 aliphatic rings. The summed E-state index contributed by atoms with van der Waals surface area (Å²) in [7, 11) is 1.38. The van der Waals surface area contributed by atoms with E-state index in [1.807, 2.05) is 0 Å². The maximum Gasteiger partial charge on any atom is 0.305 e. The zero-order chi connectivity index (χ0) is 40.5. The summed E-state index contributed by atoms with van der Waals surface area (Å²) in [5.74, 6) is -5.40. The van der Waals surface area contributed by atoms with E-state index < -0.39 is 72.6 Å². The summed E-state index contributed by atoms with van der Waals surface area (Å²) in [5, 5.41) is 31.7. The van der Waals surface area contributed by atoms with Crippen LogP contribution in [0.4, 0.5) is 0 Å². The fourth-order valence-corrected chi connectivity index (χ4v) is 5.74. The third-order valence-electron chi connectivity index (χ3n) is 8.71. The van der Waals surface area contributed by atoms with Gasteiger partial charge in [-0.05, 0) is 73.9 Å². The first-order valence-corrected chi connectivity index (χ1v) is 17.7. The smallest absolute Gasteiger partial charge is 0.305 e. The summed E-state index contributed by atoms with van der Waals surface area (Å²) in [6.45, 7) is -0.395. The molecule has 0 radical (unpaired) electrons. The summed E-state index contributed by atoms with van der Waals surface area (Å²) >= 11 is 0. The Morgan fingerprint density at radius 3 is 2.33 bits per heavy atom. The van der Waals surface area contributed by atoms with Crippen LogP contribution in [-0.2, 0) is 41.7 Å². The highest BCUT2D eigenvalue weighted by Crippen LogP contribution is 2.14. The van der Waals surface area contributed by atoms with Crippen molar-refractivity contribution in [3.63, 3.8) is 0 Å². The van der Waals surface area contributed by atoms with Gasteiger partial charge in [0, 0.05) is 32.2 Å². The van der Waals surface area contributed by atoms with Gasteiger partial charge in [0.25, 0.3) is 5.91 Å². The number of aliphatic imine (C=N–C) groups is 1. The Balaban J connectivity index is 1.81. The van der Waals surface area contributed by atoms with Crippen molar-refractivity contribution >= 4 is 47.4 Å². The lowest BCUT2D eigenvalue weighted by Gasteiger charge is -2.31. The van der Waals surface area contributed by atoms with Crippen molar-refractivity contribution in [2.24, 2.45) is 22.2 Å². The molecule has 2 bridgehead atoms. The van der Waals surface area contributed by atoms with Crippen molar-refractivity contribution < 1.29 is 43.8 Å². The average Bonchev–Trinajstić information content (AvgIpc) is 3.14. The van der Waals surface area contributed by atoms with E-state index in [-0.39, 0.29) is 68.5 Å². The Hall–Kier alpha value is -6.24. The lowest BCUT2D eigenvalue weighted by Crippen LogP contribution is -2.56. The van der Waals surface area contributed by atoms with Crippen LogP contribution in [0.3, 0.4) is 0 Å². The summed E-state index contributed by atoms with van der Waals surface area (Å²) in [4.78, 5) is 96.1. The number of carboxylic acids is 1. The maximum atomic E-state index is 14.1. The molecule has 298 valence electrons. The summed E-state index contributed by atoms with van der Waals surface area (Å²) in [6.07, 6.45) is 0.719. The lowest BCUT2D eigenvalue weighted by atomic mass is 10.0. The number of amides is 6. The fraction of sp³-hybridized carbons (Fsp3) is 0.444. The van der Waals surface area contributed by atoms with Gasteiger partial charge in [0.1, 0.15) is 23.9 Å². The Labute approximate surface area is 317 Å². The highest BCUT2D eigenvalue weighted by Gasteiger charge is 2.33. The minimum absolute atomic E-state index is 0.0513. The molecule has 2 aromatic rings. The van der Waals surface area contributed by atoms with E-state index >= 15 is 0 Å². The average molecular weight is 767 g/mol. The number of aromatic hydroxyl groups is 1. The zero-order valence-electron chi connectivity index (χ0n) is 30.6. The molecule has 1 heterocycles. The van der Waals surface area contributed by atoms with E-state index in [4.69, 9.17) is 17.2 Å². The maximum absolute atomic E-state index is 14.1. The number of nitrogens with one attached hydrogen (secondary N) is 5. The number of aliphatic carboxylic acids is 1. The molecular weight excluding hydrogens is 716 g/mol. The van der Waals surface area contributed by atoms with Crippen LogP contribution in [0, 0.1) is 0 Å². The van der Waals surface area contributed by atoms with Crippen LogP contribution in [0.25, 0.3) is 0 Å². The molecule has 0 fully saturated rings. The molecule has 0 saturated heterocycles. The third-order valence-corrected chi connectivity index (χ3v) is 8.71. The third kappa shape index (κ3) is 14.6. The molecule has 19 nitrogen and oxygen atoms in total. The largest absolute Gasteiger partial charge is 0.508 e. The van der Waals surface area contributed by atoms with Gasteiger partial charge in [-0.25, -0.2) is 0 Å². The Morgan fingerprint density at radius 2 is 1.64 bits per heavy atom. The second-order valence-corrected chi connectivity index (χ2v) is 13.1. The molecule has 2 aromatic carbocycles. The van der Waals surface area contributed by atoms with E-state index in [0.717, 1.165) is 10.5 Å². The topological polar surface area (TPSA) is 314 Å². The summed E-state index contributed by atoms with van der Waals surface area (Å²) in [5.41, 5.74) is 18.3. The quantitative estimate of drug-likeness (QED) is 0.0564. The number of likely N-dealkylation sites (N-methyl/N-ethyl adjacent to an activating group) is 1. The number of guanidine groups is 1. The number of fused-ring (bicyclic) bond motifs is 2. The van der Waals surface area contributed by atoms with E-state index in [1.165, 1.54) is 31.3 Å². The predicted molar refractivity (Wildman–Crippen MR) is 200 cm³/mol. The normalized spacial score (nSPS) is 19.1. The second-order valence-electron chi connectivity index (χ2n) is 13.1. The second kappa shape index (κ2) is 21.5. The number of hydrogen-bond acceptors (Lipinski definition) is 10. The number of hydrogen-bond donors (Lipinski definition) is 10. The van der Waals surface area contributed by atoms with Gasteiger partial charge < -0.3 is 58.9 Å². The van der Waals surface area contributed by atoms with Crippen LogP contribution in [-0.4, -0.2) is 113 Å². The number of nitrogens with zero attached hydrogens (tertiary/aromatic N) is 2. The SMILES string of the molecule is CN1C(=O)C(CCCCNC(=O)C(N)Cc2ccc(O)cc2)NC(=O)c2cccc(c2)CNC(=O)C(CC(=O)O)NC(=O)CNC(=O)C1CCCN=C(N)N. The Bertz CT molecular complexity index is 1720. The Kier molecular flexibility index (Phi) is 16.8. The van der Waals surface area contributed by atoms with E-state index in [9.17, 15) is 43.8 Å². The molecule has 6 amide bonds. The minimum Gasteiger partial charge on any atom is -0.508 e. The van der Waals surface area contributed by atoms with Gasteiger partial charge in [-0.1, -0.05) is 24.3 Å². The number of benzene rings is 2. The first-order chi connectivity index (χ1) is 26.1. The van der Waals surface area contributed by atoms with Gasteiger partial charge in [-0.2, -0.15) is 0 Å². The number of phenols is 1. The highest BCUT2D eigenvalue weighted by molar-refractivity contribution is 5.99. The molecule has 4 unspecified atom stereocenters. The highest BCUT2D eigenvalue weighted by atomic mass is 16.4. The molecule has 4 atom stereocenters. The molecular formula is C36H50N10O9. The summed E-state index contributed by atoms with van der Waals surface area (Å²) in [6, 6.07) is 7.96. The van der Waals surface area contributed by atoms with Crippen molar-refractivity contribution in [2.45, 2.75) is 75.7 Å². The predicted octanol–water partition coefficient (Wildman–Crippen LogP) is -2.07. The van der Waals surface area contributed by atoms with Gasteiger partial charge >= 0.3 is 5.97 Å². The number of rotatable bonds is 14. The molecule has 19 heteroatoms. The van der Waals surface area contributed by atoms with E-state index in [1.54, 1.807) is 24.3 Å². The number of phenolic OH excluding ortho intramolecular Hbond substituents is 1. The number of carbonyl (C=O) groups excluding carboxylic acids is 6. The van der Waals surface area contributed by atoms with Crippen molar-refractivity contribution in [3.05, 3.63) is 65.2 Å². The van der Waals surface area contributed by atoms with Crippen LogP contribution in [0.2, 0.25) is 0 Å². The van der Waals surface area contributed by atoms with Gasteiger partial charge in [-0.15, -0.1) is 0 Å². The minimum atomic E-state index is -1.47. The van der Waals surface area contributed by atoms with Gasteiger partial charge in [0.2, 0.25) is 29.5 Å². The Morgan fingerprint density at radius 1 is 0.927 bits per heavy atom. The molecule has 1 aliphatic heterocycles. The lowest BCUT2D eigenvalue weighted by molar-refractivity contribution is -0.141. The standard InChI is InChI=1S/C36H50N10O9/c1-46-28(9-5-15-41-36(38)39)34(54)43-20-29(48)44-27(18-30(49)50)33(53)42-19-22-6-4-7-23(16-22)31(51)45-26(35(46)55)8-2-3-14-40-32(52)25(37)17-21-10-12-24(47)13-11-21/h4,6-7,10-13,16,25-28,47H,2-3,5,8-9,14-15,17-20,37H2,1H3,(H,40,52)(H,42,53)(H,43,54)(H,44,48)(H,45,51)(H,49,50)(H4,38,39,41). The summed E-state index contributed by atoms with van der Waals surface area (Å²) < 4.78 is 0. The van der Waals surface area contributed by atoms with Crippen LogP contribution in [0.15, 0.2) is 53.5 Å². The van der Waals surface area contributed by atoms with E-state index in [0.29, 0.717) is 18.4 Å². The fourth-order valence-electron chi connectivity index (χ4n) is 5.74. The van der Waals surface area contributed by atoms with Crippen molar-refractivity contribution in [2.75, 3.05) is 26.7 Å². The molecule has 0 aliphatic carbocycles. The van der Waals surface area contributed by atoms with Gasteiger partial charge in [0.15, 0.2) is 5.96 Å². The molecule has 3 rings (SSSR count). The van der Waals surface area contributed by atoms with Crippen molar-refractivity contribution in [1.29, 1.82) is 0 Å². The van der Waals surface area contributed by atoms with Crippen LogP contribution in [0.1, 0.15) is 60.0 Å². The molecule has 0 saturated carbocycles. The van der Waals surface area contributed by atoms with Gasteiger partial charge in [0.05, 0.1) is 19.0 Å². The molecule has 55 heavy (non-hydrogen) atoms. The first-order valence-electron chi connectivity index (χ1n) is 17.7. The monoisotopic (exact) mass is 766 g/mol. The van der Waals surface area contributed by atoms with Crippen molar-refractivity contribution in [1.82, 2.24) is 31.5 Å². The number of nitrogens with two attached hydrogens (primary N) is 3. The first kappa shape index (κ1) is 43.2. The number of unbranched alkanes of at least 4 members (excludes halogenated alkanes) is 1. The van der Waals surface area contributed by atoms with Crippen LogP contribution >= 0.6 is 0 Å². The van der Waals surface area contributed by atoms with Crippen molar-refractivity contribution in [3.8, 4) is 5.75 Å². The molecule has 0 aromatic heterocycles.